The van der Waals surface area contributed by atoms with E-state index in [4.69, 9.17) is 4.74 Å². The summed E-state index contributed by atoms with van der Waals surface area (Å²) in [4.78, 5) is 0. The van der Waals surface area contributed by atoms with Crippen molar-refractivity contribution in [3.63, 3.8) is 0 Å². The van der Waals surface area contributed by atoms with Gasteiger partial charge in [0.25, 0.3) is 0 Å². The molecular weight excluding hydrogens is 265 g/mol. The molecule has 1 atom stereocenters. The molecule has 1 aromatic carbocycles. The molecule has 1 fully saturated rings. The van der Waals surface area contributed by atoms with Crippen LogP contribution in [0.2, 0.25) is 0 Å². The van der Waals surface area contributed by atoms with E-state index in [1.807, 2.05) is 6.92 Å². The molecule has 0 saturated heterocycles. The predicted octanol–water partition coefficient (Wildman–Crippen LogP) is 4.46. The van der Waals surface area contributed by atoms with Crippen LogP contribution in [0.25, 0.3) is 0 Å². The van der Waals surface area contributed by atoms with Crippen LogP contribution in [-0.4, -0.2) is 19.2 Å². The van der Waals surface area contributed by atoms with Crippen molar-refractivity contribution in [2.24, 2.45) is 5.92 Å². The molecular formula is C18H28FNO. The van der Waals surface area contributed by atoms with E-state index in [1.54, 1.807) is 12.1 Å². The average Bonchev–Trinajstić information content (AvgIpc) is 2.51. The highest BCUT2D eigenvalue weighted by atomic mass is 19.1. The van der Waals surface area contributed by atoms with E-state index >= 15 is 0 Å². The van der Waals surface area contributed by atoms with Crippen molar-refractivity contribution in [2.45, 2.75) is 58.4 Å². The summed E-state index contributed by atoms with van der Waals surface area (Å²) in [5.41, 5.74) is 1.03. The van der Waals surface area contributed by atoms with Gasteiger partial charge in [-0.1, -0.05) is 32.3 Å². The van der Waals surface area contributed by atoms with Gasteiger partial charge < -0.3 is 10.1 Å². The Morgan fingerprint density at radius 1 is 1.29 bits per heavy atom. The number of benzene rings is 1. The van der Waals surface area contributed by atoms with Crippen LogP contribution in [0.3, 0.4) is 0 Å². The van der Waals surface area contributed by atoms with Crippen LogP contribution < -0.4 is 10.1 Å². The van der Waals surface area contributed by atoms with Crippen LogP contribution in [-0.2, 0) is 0 Å². The van der Waals surface area contributed by atoms with Crippen molar-refractivity contribution < 1.29 is 9.13 Å². The van der Waals surface area contributed by atoms with Crippen LogP contribution in [0.15, 0.2) is 18.2 Å². The van der Waals surface area contributed by atoms with Gasteiger partial charge >= 0.3 is 0 Å². The molecule has 0 spiro atoms. The molecule has 1 aliphatic carbocycles. The fourth-order valence-electron chi connectivity index (χ4n) is 3.13. The molecule has 2 rings (SSSR count). The van der Waals surface area contributed by atoms with Gasteiger partial charge in [0.15, 0.2) is 11.6 Å². The molecule has 1 aromatic rings. The van der Waals surface area contributed by atoms with Gasteiger partial charge in [0.1, 0.15) is 6.61 Å². The number of rotatable bonds is 7. The molecule has 1 N–H and O–H groups in total. The molecule has 3 heteroatoms. The van der Waals surface area contributed by atoms with Gasteiger partial charge in [-0.25, -0.2) is 4.39 Å². The lowest BCUT2D eigenvalue weighted by atomic mass is 9.84. The predicted molar refractivity (Wildman–Crippen MR) is 85.3 cm³/mol. The van der Waals surface area contributed by atoms with E-state index < -0.39 is 0 Å². The molecule has 0 radical (unpaired) electrons. The van der Waals surface area contributed by atoms with Gasteiger partial charge in [-0.05, 0) is 56.3 Å². The molecule has 0 aliphatic heterocycles. The number of halogens is 1. The molecule has 1 unspecified atom stereocenters. The lowest BCUT2D eigenvalue weighted by molar-refractivity contribution is 0.181. The first-order valence-electron chi connectivity index (χ1n) is 8.33. The normalized spacial score (nSPS) is 17.7. The zero-order valence-electron chi connectivity index (χ0n) is 13.3. The van der Waals surface area contributed by atoms with E-state index in [9.17, 15) is 4.39 Å². The van der Waals surface area contributed by atoms with E-state index in [0.29, 0.717) is 24.3 Å². The SMILES string of the molecule is CCCNC(COc1cc(C)ccc1F)C1CCCCC1. The number of nitrogens with one attached hydrogen (secondary N) is 1. The van der Waals surface area contributed by atoms with E-state index in [1.165, 1.54) is 38.2 Å². The molecule has 0 amide bonds. The summed E-state index contributed by atoms with van der Waals surface area (Å²) in [6, 6.07) is 5.38. The topological polar surface area (TPSA) is 21.3 Å². The second-order valence-electron chi connectivity index (χ2n) is 6.20. The summed E-state index contributed by atoms with van der Waals surface area (Å²) in [6.07, 6.45) is 7.62. The van der Waals surface area contributed by atoms with Crippen LogP contribution in [0.5, 0.6) is 5.75 Å². The minimum Gasteiger partial charge on any atom is -0.489 e. The maximum Gasteiger partial charge on any atom is 0.165 e. The summed E-state index contributed by atoms with van der Waals surface area (Å²) >= 11 is 0. The van der Waals surface area contributed by atoms with Gasteiger partial charge in [0.05, 0.1) is 0 Å². The second kappa shape index (κ2) is 8.38. The maximum absolute atomic E-state index is 13.8. The van der Waals surface area contributed by atoms with Gasteiger partial charge in [-0.15, -0.1) is 0 Å². The van der Waals surface area contributed by atoms with Gasteiger partial charge in [-0.2, -0.15) is 0 Å². The lowest BCUT2D eigenvalue weighted by Gasteiger charge is -2.31. The number of hydrogen-bond acceptors (Lipinski definition) is 2. The number of ether oxygens (including phenoxy) is 1. The van der Waals surface area contributed by atoms with Crippen molar-refractivity contribution in [2.75, 3.05) is 13.2 Å². The Bertz CT molecular complexity index is 429. The fourth-order valence-corrected chi connectivity index (χ4v) is 3.13. The Morgan fingerprint density at radius 2 is 2.05 bits per heavy atom. The van der Waals surface area contributed by atoms with Gasteiger partial charge in [0, 0.05) is 6.04 Å². The van der Waals surface area contributed by atoms with Crippen molar-refractivity contribution in [1.82, 2.24) is 5.32 Å². The molecule has 118 valence electrons. The third-order valence-corrected chi connectivity index (χ3v) is 4.38. The van der Waals surface area contributed by atoms with Gasteiger partial charge in [-0.3, -0.25) is 0 Å². The van der Waals surface area contributed by atoms with Crippen molar-refractivity contribution in [3.8, 4) is 5.75 Å². The molecule has 2 nitrogen and oxygen atoms in total. The van der Waals surface area contributed by atoms with Gasteiger partial charge in [0.2, 0.25) is 0 Å². The zero-order chi connectivity index (χ0) is 15.1. The highest BCUT2D eigenvalue weighted by Gasteiger charge is 2.24. The zero-order valence-corrected chi connectivity index (χ0v) is 13.3. The van der Waals surface area contributed by atoms with Crippen LogP contribution >= 0.6 is 0 Å². The first-order chi connectivity index (χ1) is 10.2. The molecule has 1 saturated carbocycles. The minimum absolute atomic E-state index is 0.265. The third kappa shape index (κ3) is 4.99. The maximum atomic E-state index is 13.8. The summed E-state index contributed by atoms with van der Waals surface area (Å²) in [5.74, 6) is 0.783. The molecule has 0 heterocycles. The summed E-state index contributed by atoms with van der Waals surface area (Å²) in [6.45, 7) is 5.69. The smallest absolute Gasteiger partial charge is 0.165 e. The Hall–Kier alpha value is -1.09. The lowest BCUT2D eigenvalue weighted by Crippen LogP contribution is -2.42. The molecule has 21 heavy (non-hydrogen) atoms. The van der Waals surface area contributed by atoms with E-state index in [2.05, 4.69) is 12.2 Å². The summed E-state index contributed by atoms with van der Waals surface area (Å²) < 4.78 is 19.6. The van der Waals surface area contributed by atoms with Crippen molar-refractivity contribution in [3.05, 3.63) is 29.6 Å². The summed E-state index contributed by atoms with van der Waals surface area (Å²) in [5, 5.41) is 3.60. The first-order valence-corrected chi connectivity index (χ1v) is 8.33. The molecule has 1 aliphatic rings. The Morgan fingerprint density at radius 3 is 2.76 bits per heavy atom. The highest BCUT2D eigenvalue weighted by Crippen LogP contribution is 2.27. The molecule has 0 bridgehead atoms. The monoisotopic (exact) mass is 293 g/mol. The largest absolute Gasteiger partial charge is 0.489 e. The Labute approximate surface area is 128 Å². The van der Waals surface area contributed by atoms with Crippen molar-refractivity contribution >= 4 is 0 Å². The summed E-state index contributed by atoms with van der Waals surface area (Å²) in [7, 11) is 0. The standard InChI is InChI=1S/C18H28FNO/c1-3-11-20-17(15-7-5-4-6-8-15)13-21-18-12-14(2)9-10-16(18)19/h9-10,12,15,17,20H,3-8,11,13H2,1-2H3. The number of aryl methyl sites for hydroxylation is 1. The molecule has 0 aromatic heterocycles. The minimum atomic E-state index is -0.265. The first kappa shape index (κ1) is 16.3. The van der Waals surface area contributed by atoms with Crippen LogP contribution in [0.4, 0.5) is 4.39 Å². The van der Waals surface area contributed by atoms with E-state index in [-0.39, 0.29) is 5.82 Å². The Balaban J connectivity index is 1.95. The Kier molecular flexibility index (Phi) is 6.50. The van der Waals surface area contributed by atoms with E-state index in [0.717, 1.165) is 18.5 Å². The average molecular weight is 293 g/mol. The highest BCUT2D eigenvalue weighted by molar-refractivity contribution is 5.29. The van der Waals surface area contributed by atoms with Crippen LogP contribution in [0.1, 0.15) is 51.0 Å². The quantitative estimate of drug-likeness (QED) is 0.801. The number of hydrogen-bond donors (Lipinski definition) is 1. The second-order valence-corrected chi connectivity index (χ2v) is 6.20. The third-order valence-electron chi connectivity index (χ3n) is 4.38. The van der Waals surface area contributed by atoms with Crippen molar-refractivity contribution in [1.29, 1.82) is 0 Å². The fraction of sp³-hybridized carbons (Fsp3) is 0.667. The van der Waals surface area contributed by atoms with Crippen LogP contribution in [0, 0.1) is 18.7 Å².